The molecule has 29 heavy (non-hydrogen) atoms. The Hall–Kier alpha value is -3.35. The Morgan fingerprint density at radius 3 is 2.83 bits per heavy atom. The van der Waals surface area contributed by atoms with Crippen LogP contribution in [0, 0.1) is 6.92 Å². The highest BCUT2D eigenvalue weighted by Crippen LogP contribution is 2.26. The maximum atomic E-state index is 12.9. The standard InChI is InChI=1S/C22H21N3O4/c1-12-8-15(7-6-13-10-23-17-5-3-2-4-16(13)17)29-22(28)19(12)21(27)25-11-14-9-18(25)20(26)24-14/h2-5,8,10,14,18,23H,6-7,9,11H2,1H3,(H,24,26)/t14-,18-/m0/s1. The van der Waals surface area contributed by atoms with Gasteiger partial charge < -0.3 is 19.6 Å². The largest absolute Gasteiger partial charge is 0.427 e. The molecule has 3 aromatic rings. The zero-order chi connectivity index (χ0) is 20.1. The molecule has 0 saturated carbocycles. The third-order valence-electron chi connectivity index (χ3n) is 5.94. The highest BCUT2D eigenvalue weighted by molar-refractivity contribution is 6.00. The fraction of sp³-hybridized carbons (Fsp3) is 0.318. The predicted molar refractivity (Wildman–Crippen MR) is 107 cm³/mol. The molecular weight excluding hydrogens is 370 g/mol. The Bertz CT molecular complexity index is 1190. The number of benzene rings is 1. The smallest absolute Gasteiger partial charge is 0.349 e. The summed E-state index contributed by atoms with van der Waals surface area (Å²) in [5, 5.41) is 3.99. The maximum Gasteiger partial charge on any atom is 0.349 e. The number of carbonyl (C=O) groups excluding carboxylic acids is 2. The van der Waals surface area contributed by atoms with Crippen LogP contribution < -0.4 is 10.9 Å². The average molecular weight is 391 g/mol. The molecule has 4 heterocycles. The Balaban J connectivity index is 1.36. The number of rotatable bonds is 4. The van der Waals surface area contributed by atoms with Gasteiger partial charge in [0.2, 0.25) is 5.91 Å². The van der Waals surface area contributed by atoms with E-state index in [1.807, 2.05) is 24.4 Å². The van der Waals surface area contributed by atoms with Crippen LogP contribution in [0.2, 0.25) is 0 Å². The number of hydrogen-bond donors (Lipinski definition) is 2. The molecule has 0 radical (unpaired) electrons. The van der Waals surface area contributed by atoms with E-state index in [0.717, 1.165) is 22.9 Å². The van der Waals surface area contributed by atoms with Crippen molar-refractivity contribution in [3.63, 3.8) is 0 Å². The van der Waals surface area contributed by atoms with Crippen molar-refractivity contribution in [1.82, 2.24) is 15.2 Å². The molecule has 2 N–H and O–H groups in total. The molecule has 2 saturated heterocycles. The summed E-state index contributed by atoms with van der Waals surface area (Å²) in [6.07, 6.45) is 3.86. The minimum Gasteiger partial charge on any atom is -0.427 e. The van der Waals surface area contributed by atoms with E-state index in [2.05, 4.69) is 16.4 Å². The lowest BCUT2D eigenvalue weighted by molar-refractivity contribution is -0.124. The predicted octanol–water partition coefficient (Wildman–Crippen LogP) is 1.93. The first-order valence-corrected chi connectivity index (χ1v) is 9.81. The third-order valence-corrected chi connectivity index (χ3v) is 5.94. The van der Waals surface area contributed by atoms with Crippen molar-refractivity contribution < 1.29 is 14.0 Å². The monoisotopic (exact) mass is 391 g/mol. The minimum atomic E-state index is -0.632. The van der Waals surface area contributed by atoms with Gasteiger partial charge in [-0.1, -0.05) is 18.2 Å². The Labute approximate surface area is 166 Å². The summed E-state index contributed by atoms with van der Waals surface area (Å²) in [4.78, 5) is 42.1. The van der Waals surface area contributed by atoms with Gasteiger partial charge in [-0.15, -0.1) is 0 Å². The molecule has 0 aliphatic carbocycles. The van der Waals surface area contributed by atoms with Gasteiger partial charge >= 0.3 is 5.63 Å². The van der Waals surface area contributed by atoms with Gasteiger partial charge in [0.25, 0.3) is 5.91 Å². The summed E-state index contributed by atoms with van der Waals surface area (Å²) < 4.78 is 5.47. The molecule has 1 aromatic carbocycles. The number of aryl methyl sites for hydroxylation is 3. The molecule has 2 aromatic heterocycles. The summed E-state index contributed by atoms with van der Waals surface area (Å²) in [6, 6.07) is 9.33. The van der Waals surface area contributed by atoms with E-state index in [-0.39, 0.29) is 17.5 Å². The number of hydrogen-bond acceptors (Lipinski definition) is 4. The number of nitrogens with zero attached hydrogens (tertiary/aromatic N) is 1. The summed E-state index contributed by atoms with van der Waals surface area (Å²) in [7, 11) is 0. The van der Waals surface area contributed by atoms with Crippen molar-refractivity contribution in [2.45, 2.75) is 38.3 Å². The highest BCUT2D eigenvalue weighted by Gasteiger charge is 2.47. The molecule has 7 heteroatoms. The molecule has 2 amide bonds. The van der Waals surface area contributed by atoms with Crippen molar-refractivity contribution in [2.75, 3.05) is 6.54 Å². The summed E-state index contributed by atoms with van der Waals surface area (Å²) >= 11 is 0. The number of fused-ring (bicyclic) bond motifs is 3. The molecule has 2 aliphatic rings. The second-order valence-corrected chi connectivity index (χ2v) is 7.83. The van der Waals surface area contributed by atoms with Crippen LogP contribution >= 0.6 is 0 Å². The van der Waals surface area contributed by atoms with Crippen molar-refractivity contribution in [3.8, 4) is 0 Å². The molecule has 0 spiro atoms. The van der Waals surface area contributed by atoms with E-state index in [1.54, 1.807) is 13.0 Å². The van der Waals surface area contributed by atoms with Crippen LogP contribution in [0.4, 0.5) is 0 Å². The quantitative estimate of drug-likeness (QED) is 0.710. The van der Waals surface area contributed by atoms with Crippen molar-refractivity contribution >= 4 is 22.7 Å². The molecule has 2 bridgehead atoms. The first kappa shape index (κ1) is 17.7. The first-order chi connectivity index (χ1) is 14.0. The summed E-state index contributed by atoms with van der Waals surface area (Å²) in [6.45, 7) is 2.18. The van der Waals surface area contributed by atoms with Crippen molar-refractivity contribution in [1.29, 1.82) is 0 Å². The van der Waals surface area contributed by atoms with Gasteiger partial charge in [0, 0.05) is 36.1 Å². The van der Waals surface area contributed by atoms with E-state index in [0.29, 0.717) is 30.7 Å². The fourth-order valence-corrected chi connectivity index (χ4v) is 4.50. The van der Waals surface area contributed by atoms with Crippen LogP contribution in [-0.2, 0) is 17.6 Å². The van der Waals surface area contributed by atoms with Gasteiger partial charge in [-0.2, -0.15) is 0 Å². The molecule has 0 unspecified atom stereocenters. The van der Waals surface area contributed by atoms with E-state index in [9.17, 15) is 14.4 Å². The number of aromatic amines is 1. The van der Waals surface area contributed by atoms with Gasteiger partial charge in [0.05, 0.1) is 0 Å². The van der Waals surface area contributed by atoms with E-state index in [1.165, 1.54) is 4.90 Å². The molecule has 5 rings (SSSR count). The topological polar surface area (TPSA) is 95.4 Å². The number of aromatic nitrogens is 1. The number of amides is 2. The fourth-order valence-electron chi connectivity index (χ4n) is 4.50. The van der Waals surface area contributed by atoms with Crippen LogP contribution in [0.15, 0.2) is 45.7 Å². The van der Waals surface area contributed by atoms with Crippen LogP contribution in [0.5, 0.6) is 0 Å². The van der Waals surface area contributed by atoms with E-state index < -0.39 is 17.6 Å². The van der Waals surface area contributed by atoms with E-state index in [4.69, 9.17) is 4.42 Å². The molecule has 2 atom stereocenters. The first-order valence-electron chi connectivity index (χ1n) is 9.81. The van der Waals surface area contributed by atoms with Gasteiger partial charge in [-0.3, -0.25) is 9.59 Å². The summed E-state index contributed by atoms with van der Waals surface area (Å²) in [5.74, 6) is -0.0104. The van der Waals surface area contributed by atoms with E-state index >= 15 is 0 Å². The number of para-hydroxylation sites is 1. The number of H-pyrrole nitrogens is 1. The summed E-state index contributed by atoms with van der Waals surface area (Å²) in [5.41, 5.74) is 2.21. The third kappa shape index (κ3) is 2.93. The highest BCUT2D eigenvalue weighted by atomic mass is 16.4. The maximum absolute atomic E-state index is 12.9. The molecule has 2 aliphatic heterocycles. The Kier molecular flexibility index (Phi) is 4.04. The van der Waals surface area contributed by atoms with Crippen LogP contribution in [0.3, 0.4) is 0 Å². The number of carbonyl (C=O) groups is 2. The number of piperazine rings is 1. The number of nitrogens with one attached hydrogen (secondary N) is 2. The zero-order valence-electron chi connectivity index (χ0n) is 16.0. The zero-order valence-corrected chi connectivity index (χ0v) is 16.0. The van der Waals surface area contributed by atoms with Gasteiger partial charge in [0.15, 0.2) is 0 Å². The van der Waals surface area contributed by atoms with Crippen LogP contribution in [-0.4, -0.2) is 40.3 Å². The van der Waals surface area contributed by atoms with Crippen LogP contribution in [0.1, 0.15) is 33.7 Å². The second-order valence-electron chi connectivity index (χ2n) is 7.83. The van der Waals surface area contributed by atoms with Gasteiger partial charge in [0.1, 0.15) is 17.4 Å². The number of likely N-dealkylation sites (tertiary alicyclic amines) is 1. The van der Waals surface area contributed by atoms with Crippen molar-refractivity contribution in [3.05, 3.63) is 69.4 Å². The second kappa shape index (κ2) is 6.62. The molecule has 2 fully saturated rings. The SMILES string of the molecule is Cc1cc(CCc2c[nH]c3ccccc23)oc(=O)c1C(=O)N1C[C@@H]2C[C@H]1C(=O)N2. The lowest BCUT2D eigenvalue weighted by Crippen LogP contribution is -2.51. The molecular formula is C22H21N3O4. The van der Waals surface area contributed by atoms with Gasteiger partial charge in [-0.25, -0.2) is 4.79 Å². The van der Waals surface area contributed by atoms with Crippen LogP contribution in [0.25, 0.3) is 10.9 Å². The average Bonchev–Trinajstić information content (AvgIpc) is 3.39. The Morgan fingerprint density at radius 2 is 2.07 bits per heavy atom. The Morgan fingerprint density at radius 1 is 1.24 bits per heavy atom. The van der Waals surface area contributed by atoms with Crippen molar-refractivity contribution in [2.24, 2.45) is 0 Å². The lowest BCUT2D eigenvalue weighted by Gasteiger charge is -2.26. The molecule has 148 valence electrons. The lowest BCUT2D eigenvalue weighted by atomic mass is 10.0. The minimum absolute atomic E-state index is 0.0146. The van der Waals surface area contributed by atoms with Gasteiger partial charge in [-0.05, 0) is 43.0 Å². The molecule has 7 nitrogen and oxygen atoms in total. The normalized spacial score (nSPS) is 20.4.